The number of fused-ring (bicyclic) bond motifs is 9. The quantitative estimate of drug-likeness (QED) is 0.163. The van der Waals surface area contributed by atoms with Gasteiger partial charge in [-0.15, -0.1) is 0 Å². The van der Waals surface area contributed by atoms with Gasteiger partial charge in [-0.2, -0.15) is 0 Å². The third kappa shape index (κ3) is 5.20. The Bertz CT molecular complexity index is 3290. The van der Waals surface area contributed by atoms with Crippen molar-refractivity contribution in [1.29, 1.82) is 0 Å². The average molecular weight is 778 g/mol. The van der Waals surface area contributed by atoms with E-state index in [0.29, 0.717) is 0 Å². The number of anilines is 3. The second-order valence-electron chi connectivity index (χ2n) is 17.2. The van der Waals surface area contributed by atoms with Crippen LogP contribution in [0.4, 0.5) is 17.1 Å². The summed E-state index contributed by atoms with van der Waals surface area (Å²) >= 11 is 0. The van der Waals surface area contributed by atoms with Crippen LogP contribution in [0.15, 0.2) is 224 Å². The van der Waals surface area contributed by atoms with Crippen molar-refractivity contribution in [2.45, 2.75) is 24.7 Å². The highest BCUT2D eigenvalue weighted by molar-refractivity contribution is 6.05. The van der Waals surface area contributed by atoms with Crippen molar-refractivity contribution in [2.24, 2.45) is 0 Å². The highest BCUT2D eigenvalue weighted by Crippen LogP contribution is 2.59. The number of benzene rings is 10. The molecule has 61 heavy (non-hydrogen) atoms. The SMILES string of the molecule is CC1(C)c2ccc(N(c3ccc4c(c3)C(c3ccccc3)(c3ccccc3)c3ccccc3-4)c3ccc4ccccc4c3)cc2-c2c(-c3ccccc3)cc3ccccc3c21. The molecule has 10 aromatic carbocycles. The van der Waals surface area contributed by atoms with Crippen molar-refractivity contribution in [3.8, 4) is 33.4 Å². The number of hydrogen-bond acceptors (Lipinski definition) is 1. The molecule has 0 aromatic heterocycles. The first-order valence-electron chi connectivity index (χ1n) is 21.4. The maximum Gasteiger partial charge on any atom is 0.0714 e. The summed E-state index contributed by atoms with van der Waals surface area (Å²) in [4.78, 5) is 2.49. The molecular weight excluding hydrogens is 735 g/mol. The van der Waals surface area contributed by atoms with Crippen LogP contribution in [0.5, 0.6) is 0 Å². The molecule has 0 atom stereocenters. The van der Waals surface area contributed by atoms with Gasteiger partial charge in [-0.25, -0.2) is 0 Å². The molecule has 0 aliphatic heterocycles. The van der Waals surface area contributed by atoms with Gasteiger partial charge in [0.2, 0.25) is 0 Å². The fourth-order valence-corrected chi connectivity index (χ4v) is 11.0. The molecule has 288 valence electrons. The number of rotatable bonds is 6. The highest BCUT2D eigenvalue weighted by Gasteiger charge is 2.46. The van der Waals surface area contributed by atoms with E-state index in [2.05, 4.69) is 243 Å². The summed E-state index contributed by atoms with van der Waals surface area (Å²) in [5, 5.41) is 5.04. The first-order valence-corrected chi connectivity index (χ1v) is 21.4. The van der Waals surface area contributed by atoms with Crippen molar-refractivity contribution in [3.63, 3.8) is 0 Å². The molecule has 2 aliphatic carbocycles. The summed E-state index contributed by atoms with van der Waals surface area (Å²) in [7, 11) is 0. The molecule has 0 N–H and O–H groups in total. The highest BCUT2D eigenvalue weighted by atomic mass is 15.1. The molecule has 1 heteroatoms. The maximum absolute atomic E-state index is 2.49. The van der Waals surface area contributed by atoms with Crippen LogP contribution in [0.25, 0.3) is 54.9 Å². The minimum absolute atomic E-state index is 0.203. The first kappa shape index (κ1) is 35.5. The molecule has 0 amide bonds. The Morgan fingerprint density at radius 2 is 0.902 bits per heavy atom. The van der Waals surface area contributed by atoms with Crippen molar-refractivity contribution < 1.29 is 0 Å². The first-order chi connectivity index (χ1) is 30.0. The average Bonchev–Trinajstić information content (AvgIpc) is 3.75. The van der Waals surface area contributed by atoms with E-state index in [4.69, 9.17) is 0 Å². The van der Waals surface area contributed by atoms with Crippen LogP contribution in [-0.2, 0) is 10.8 Å². The molecule has 0 spiro atoms. The molecule has 1 nitrogen and oxygen atoms in total. The van der Waals surface area contributed by atoms with Crippen molar-refractivity contribution >= 4 is 38.6 Å². The molecule has 0 saturated carbocycles. The van der Waals surface area contributed by atoms with Crippen LogP contribution >= 0.6 is 0 Å². The fourth-order valence-electron chi connectivity index (χ4n) is 11.0. The summed E-state index contributed by atoms with van der Waals surface area (Å²) < 4.78 is 0. The van der Waals surface area contributed by atoms with E-state index in [-0.39, 0.29) is 5.41 Å². The van der Waals surface area contributed by atoms with E-state index in [0.717, 1.165) is 17.1 Å². The zero-order chi connectivity index (χ0) is 40.7. The summed E-state index contributed by atoms with van der Waals surface area (Å²) in [6, 6.07) is 83.6. The third-order valence-electron chi connectivity index (χ3n) is 13.7. The Morgan fingerprint density at radius 1 is 0.344 bits per heavy atom. The molecule has 12 rings (SSSR count). The zero-order valence-electron chi connectivity index (χ0n) is 34.3. The van der Waals surface area contributed by atoms with Gasteiger partial charge in [0.1, 0.15) is 0 Å². The van der Waals surface area contributed by atoms with E-state index in [1.165, 1.54) is 88.3 Å². The summed E-state index contributed by atoms with van der Waals surface area (Å²) in [6.07, 6.45) is 0. The predicted octanol–water partition coefficient (Wildman–Crippen LogP) is 15.8. The topological polar surface area (TPSA) is 3.24 Å². The van der Waals surface area contributed by atoms with Gasteiger partial charge >= 0.3 is 0 Å². The molecule has 0 unspecified atom stereocenters. The monoisotopic (exact) mass is 777 g/mol. The van der Waals surface area contributed by atoms with Gasteiger partial charge in [-0.05, 0) is 131 Å². The smallest absolute Gasteiger partial charge is 0.0714 e. The minimum atomic E-state index is -0.508. The molecular formula is C60H43N. The lowest BCUT2D eigenvalue weighted by molar-refractivity contribution is 0.666. The van der Waals surface area contributed by atoms with Gasteiger partial charge in [0.05, 0.1) is 5.41 Å². The number of nitrogens with zero attached hydrogens (tertiary/aromatic N) is 1. The van der Waals surface area contributed by atoms with E-state index in [1.807, 2.05) is 0 Å². The van der Waals surface area contributed by atoms with Crippen LogP contribution in [0.2, 0.25) is 0 Å². The lowest BCUT2D eigenvalue weighted by Gasteiger charge is -2.35. The summed E-state index contributed by atoms with van der Waals surface area (Å²) in [5.74, 6) is 0. The van der Waals surface area contributed by atoms with Crippen LogP contribution in [-0.4, -0.2) is 0 Å². The van der Waals surface area contributed by atoms with Crippen molar-refractivity contribution in [1.82, 2.24) is 0 Å². The standard InChI is InChI=1S/C60H43N/c1-59(2)54-35-33-47(38-53(54)57-52(41-19-6-3-7-20-41)37-43-22-14-15-27-49(43)58(57)59)61(46-31-30-40-18-12-13-21-42(40)36-46)48-32-34-51-50-28-16-17-29-55(50)60(56(51)39-48,44-23-8-4-9-24-44)45-25-10-5-11-26-45/h3-39H,1-2H3. The van der Waals surface area contributed by atoms with Crippen LogP contribution in [0, 0.1) is 0 Å². The Labute approximate surface area is 357 Å². The van der Waals surface area contributed by atoms with Gasteiger partial charge in [-0.1, -0.05) is 196 Å². The Hall–Kier alpha value is -7.48. The molecule has 0 bridgehead atoms. The van der Waals surface area contributed by atoms with Crippen LogP contribution in [0.3, 0.4) is 0 Å². The largest absolute Gasteiger partial charge is 0.310 e. The normalized spacial score (nSPS) is 14.0. The van der Waals surface area contributed by atoms with Crippen molar-refractivity contribution in [2.75, 3.05) is 4.90 Å². The van der Waals surface area contributed by atoms with Crippen LogP contribution in [0.1, 0.15) is 47.2 Å². The summed E-state index contributed by atoms with van der Waals surface area (Å²) in [6.45, 7) is 4.81. The second kappa shape index (κ2) is 13.5. The van der Waals surface area contributed by atoms with Gasteiger partial charge in [0, 0.05) is 22.5 Å². The molecule has 2 aliphatic rings. The van der Waals surface area contributed by atoms with Crippen LogP contribution < -0.4 is 4.90 Å². The van der Waals surface area contributed by atoms with E-state index in [9.17, 15) is 0 Å². The fraction of sp³-hybridized carbons (Fsp3) is 0.0667. The molecule has 10 aromatic rings. The minimum Gasteiger partial charge on any atom is -0.310 e. The Kier molecular flexibility index (Phi) is 7.86. The Morgan fingerprint density at radius 3 is 1.66 bits per heavy atom. The van der Waals surface area contributed by atoms with Gasteiger partial charge in [0.15, 0.2) is 0 Å². The van der Waals surface area contributed by atoms with E-state index < -0.39 is 5.41 Å². The van der Waals surface area contributed by atoms with Crippen molar-refractivity contribution in [3.05, 3.63) is 258 Å². The van der Waals surface area contributed by atoms with E-state index >= 15 is 0 Å². The molecule has 0 radical (unpaired) electrons. The predicted molar refractivity (Wildman–Crippen MR) is 256 cm³/mol. The lowest BCUT2D eigenvalue weighted by atomic mass is 9.67. The zero-order valence-corrected chi connectivity index (χ0v) is 34.3. The summed E-state index contributed by atoms with van der Waals surface area (Å²) in [5.41, 5.74) is 18.3. The maximum atomic E-state index is 2.49. The molecule has 0 saturated heterocycles. The van der Waals surface area contributed by atoms with Gasteiger partial charge < -0.3 is 4.90 Å². The van der Waals surface area contributed by atoms with Gasteiger partial charge in [-0.3, -0.25) is 0 Å². The molecule has 0 heterocycles. The lowest BCUT2D eigenvalue weighted by Crippen LogP contribution is -2.28. The number of hydrogen-bond donors (Lipinski definition) is 0. The van der Waals surface area contributed by atoms with E-state index in [1.54, 1.807) is 0 Å². The Balaban J connectivity index is 1.14. The second-order valence-corrected chi connectivity index (χ2v) is 17.2. The van der Waals surface area contributed by atoms with Gasteiger partial charge in [0.25, 0.3) is 0 Å². The molecule has 0 fully saturated rings. The third-order valence-corrected chi connectivity index (χ3v) is 13.7.